The first-order valence-electron chi connectivity index (χ1n) is 7.26. The van der Waals surface area contributed by atoms with Crippen LogP contribution in [0.15, 0.2) is 42.6 Å². The van der Waals surface area contributed by atoms with Crippen LogP contribution in [-0.2, 0) is 17.7 Å². The summed E-state index contributed by atoms with van der Waals surface area (Å²) < 4.78 is 11.0. The summed E-state index contributed by atoms with van der Waals surface area (Å²) in [6.07, 6.45) is 2.91. The van der Waals surface area contributed by atoms with Crippen molar-refractivity contribution in [1.29, 1.82) is 0 Å². The molecule has 1 aliphatic rings. The van der Waals surface area contributed by atoms with Crippen molar-refractivity contribution in [2.75, 3.05) is 20.3 Å². The Labute approximate surface area is 125 Å². The lowest BCUT2D eigenvalue weighted by atomic mass is 9.97. The number of nitrogens with zero attached hydrogens (tertiary/aromatic N) is 1. The van der Waals surface area contributed by atoms with Gasteiger partial charge in [0, 0.05) is 25.4 Å². The highest BCUT2D eigenvalue weighted by atomic mass is 16.5. The van der Waals surface area contributed by atoms with Crippen LogP contribution in [-0.4, -0.2) is 25.2 Å². The molecule has 2 heterocycles. The molecule has 0 amide bonds. The molecule has 2 aromatic rings. The van der Waals surface area contributed by atoms with Crippen molar-refractivity contribution >= 4 is 0 Å². The van der Waals surface area contributed by atoms with Gasteiger partial charge in [-0.05, 0) is 29.2 Å². The predicted molar refractivity (Wildman–Crippen MR) is 81.3 cm³/mol. The van der Waals surface area contributed by atoms with E-state index >= 15 is 0 Å². The van der Waals surface area contributed by atoms with Gasteiger partial charge >= 0.3 is 0 Å². The fourth-order valence-corrected chi connectivity index (χ4v) is 2.67. The lowest BCUT2D eigenvalue weighted by Crippen LogP contribution is -2.27. The van der Waals surface area contributed by atoms with Crippen LogP contribution in [0.2, 0.25) is 0 Å². The molecule has 0 saturated carbocycles. The number of ether oxygens (including phenoxy) is 2. The SMILES string of the molecule is COc1cc(CNCC2OCCc3ccccc32)ccn1. The van der Waals surface area contributed by atoms with Crippen molar-refractivity contribution in [3.63, 3.8) is 0 Å². The Kier molecular flexibility index (Phi) is 4.48. The highest BCUT2D eigenvalue weighted by molar-refractivity contribution is 5.31. The van der Waals surface area contributed by atoms with Crippen molar-refractivity contribution in [2.24, 2.45) is 0 Å². The van der Waals surface area contributed by atoms with E-state index in [2.05, 4.69) is 34.6 Å². The zero-order valence-electron chi connectivity index (χ0n) is 12.2. The monoisotopic (exact) mass is 284 g/mol. The van der Waals surface area contributed by atoms with Gasteiger partial charge in [0.05, 0.1) is 19.8 Å². The van der Waals surface area contributed by atoms with E-state index in [1.807, 2.05) is 12.1 Å². The standard InChI is InChI=1S/C17H20N2O2/c1-20-17-10-13(6-8-19-17)11-18-12-16-15-5-3-2-4-14(15)7-9-21-16/h2-6,8,10,16,18H,7,9,11-12H2,1H3. The lowest BCUT2D eigenvalue weighted by Gasteiger charge is -2.26. The van der Waals surface area contributed by atoms with E-state index < -0.39 is 0 Å². The van der Waals surface area contributed by atoms with Gasteiger partial charge in [0.15, 0.2) is 0 Å². The van der Waals surface area contributed by atoms with Gasteiger partial charge in [0.1, 0.15) is 0 Å². The maximum absolute atomic E-state index is 5.89. The minimum Gasteiger partial charge on any atom is -0.481 e. The first-order valence-corrected chi connectivity index (χ1v) is 7.26. The molecular formula is C17H20N2O2. The highest BCUT2D eigenvalue weighted by Crippen LogP contribution is 2.26. The molecule has 4 nitrogen and oxygen atoms in total. The van der Waals surface area contributed by atoms with Crippen LogP contribution in [0.4, 0.5) is 0 Å². The number of aromatic nitrogens is 1. The number of hydrogen-bond donors (Lipinski definition) is 1. The Morgan fingerprint density at radius 3 is 3.14 bits per heavy atom. The maximum atomic E-state index is 5.89. The largest absolute Gasteiger partial charge is 0.481 e. The first-order chi connectivity index (χ1) is 10.4. The average molecular weight is 284 g/mol. The number of methoxy groups -OCH3 is 1. The Morgan fingerprint density at radius 2 is 2.24 bits per heavy atom. The number of rotatable bonds is 5. The fraction of sp³-hybridized carbons (Fsp3) is 0.353. The van der Waals surface area contributed by atoms with Gasteiger partial charge in [0.25, 0.3) is 0 Å². The summed E-state index contributed by atoms with van der Waals surface area (Å²) in [6.45, 7) is 2.38. The third-order valence-electron chi connectivity index (χ3n) is 3.76. The molecule has 110 valence electrons. The second-order valence-electron chi connectivity index (χ2n) is 5.15. The molecule has 1 aromatic carbocycles. The van der Waals surface area contributed by atoms with Crippen molar-refractivity contribution in [3.05, 3.63) is 59.3 Å². The quantitative estimate of drug-likeness (QED) is 0.916. The minimum atomic E-state index is 0.138. The molecule has 1 unspecified atom stereocenters. The Morgan fingerprint density at radius 1 is 1.33 bits per heavy atom. The molecular weight excluding hydrogens is 264 g/mol. The summed E-state index contributed by atoms with van der Waals surface area (Å²) in [7, 11) is 1.63. The second kappa shape index (κ2) is 6.70. The van der Waals surface area contributed by atoms with Crippen molar-refractivity contribution < 1.29 is 9.47 Å². The van der Waals surface area contributed by atoms with Gasteiger partial charge in [-0.15, -0.1) is 0 Å². The van der Waals surface area contributed by atoms with Gasteiger partial charge in [-0.1, -0.05) is 24.3 Å². The minimum absolute atomic E-state index is 0.138. The zero-order valence-corrected chi connectivity index (χ0v) is 12.2. The van der Waals surface area contributed by atoms with Crippen molar-refractivity contribution in [2.45, 2.75) is 19.1 Å². The Hall–Kier alpha value is -1.91. The van der Waals surface area contributed by atoms with Crippen molar-refractivity contribution in [1.82, 2.24) is 10.3 Å². The molecule has 0 fully saturated rings. The van der Waals surface area contributed by atoms with E-state index in [1.54, 1.807) is 13.3 Å². The van der Waals surface area contributed by atoms with E-state index in [0.717, 1.165) is 31.7 Å². The number of hydrogen-bond acceptors (Lipinski definition) is 4. The number of fused-ring (bicyclic) bond motifs is 1. The summed E-state index contributed by atoms with van der Waals surface area (Å²) in [5.74, 6) is 0.647. The van der Waals surface area contributed by atoms with E-state index in [0.29, 0.717) is 5.88 Å². The third-order valence-corrected chi connectivity index (χ3v) is 3.76. The second-order valence-corrected chi connectivity index (χ2v) is 5.15. The van der Waals surface area contributed by atoms with Crippen LogP contribution < -0.4 is 10.1 Å². The van der Waals surface area contributed by atoms with Gasteiger partial charge in [-0.25, -0.2) is 4.98 Å². The summed E-state index contributed by atoms with van der Waals surface area (Å²) in [4.78, 5) is 4.11. The molecule has 1 aliphatic heterocycles. The molecule has 1 atom stereocenters. The van der Waals surface area contributed by atoms with Gasteiger partial charge < -0.3 is 14.8 Å². The topological polar surface area (TPSA) is 43.4 Å². The molecule has 1 N–H and O–H groups in total. The van der Waals surface area contributed by atoms with Crippen LogP contribution in [0, 0.1) is 0 Å². The summed E-state index contributed by atoms with van der Waals surface area (Å²) in [5, 5.41) is 3.46. The van der Waals surface area contributed by atoms with Crippen LogP contribution in [0.1, 0.15) is 22.8 Å². The molecule has 0 spiro atoms. The number of nitrogens with one attached hydrogen (secondary N) is 1. The van der Waals surface area contributed by atoms with Gasteiger partial charge in [-0.3, -0.25) is 0 Å². The molecule has 4 heteroatoms. The molecule has 0 bridgehead atoms. The summed E-state index contributed by atoms with van der Waals surface area (Å²) in [6, 6.07) is 12.5. The van der Waals surface area contributed by atoms with Gasteiger partial charge in [0.2, 0.25) is 5.88 Å². The van der Waals surface area contributed by atoms with Crippen LogP contribution in [0.5, 0.6) is 5.88 Å². The molecule has 3 rings (SSSR count). The molecule has 21 heavy (non-hydrogen) atoms. The van der Waals surface area contributed by atoms with E-state index in [-0.39, 0.29) is 6.10 Å². The third kappa shape index (κ3) is 3.40. The molecule has 0 saturated heterocycles. The van der Waals surface area contributed by atoms with Gasteiger partial charge in [-0.2, -0.15) is 0 Å². The maximum Gasteiger partial charge on any atom is 0.213 e. The lowest BCUT2D eigenvalue weighted by molar-refractivity contribution is 0.0423. The zero-order chi connectivity index (χ0) is 14.5. The smallest absolute Gasteiger partial charge is 0.213 e. The van der Waals surface area contributed by atoms with E-state index in [4.69, 9.17) is 9.47 Å². The fourth-order valence-electron chi connectivity index (χ4n) is 2.67. The van der Waals surface area contributed by atoms with E-state index in [9.17, 15) is 0 Å². The normalized spacial score (nSPS) is 17.3. The molecule has 0 radical (unpaired) electrons. The molecule has 1 aromatic heterocycles. The number of benzene rings is 1. The number of pyridine rings is 1. The van der Waals surface area contributed by atoms with Crippen LogP contribution in [0.25, 0.3) is 0 Å². The van der Waals surface area contributed by atoms with Crippen LogP contribution >= 0.6 is 0 Å². The summed E-state index contributed by atoms with van der Waals surface area (Å²) in [5.41, 5.74) is 3.87. The Balaban J connectivity index is 1.59. The first kappa shape index (κ1) is 14.0. The van der Waals surface area contributed by atoms with Crippen LogP contribution in [0.3, 0.4) is 0 Å². The predicted octanol–water partition coefficient (Wildman–Crippen LogP) is 2.49. The Bertz CT molecular complexity index is 601. The molecule has 0 aliphatic carbocycles. The summed E-state index contributed by atoms with van der Waals surface area (Å²) >= 11 is 0. The van der Waals surface area contributed by atoms with E-state index in [1.165, 1.54) is 11.1 Å². The highest BCUT2D eigenvalue weighted by Gasteiger charge is 2.19. The average Bonchev–Trinajstić information content (AvgIpc) is 2.55. The van der Waals surface area contributed by atoms with Crippen molar-refractivity contribution in [3.8, 4) is 5.88 Å².